The zero-order valence-electron chi connectivity index (χ0n) is 18.6. The van der Waals surface area contributed by atoms with Gasteiger partial charge in [0.2, 0.25) is 10.0 Å². The van der Waals surface area contributed by atoms with Gasteiger partial charge in [0.25, 0.3) is 5.91 Å². The average molecular weight is 443 g/mol. The van der Waals surface area contributed by atoms with Gasteiger partial charge in [0, 0.05) is 18.3 Å². The van der Waals surface area contributed by atoms with Crippen LogP contribution in [0.4, 0.5) is 17.1 Å². The van der Waals surface area contributed by atoms with E-state index in [1.54, 1.807) is 12.1 Å². The maximum Gasteiger partial charge on any atom is 0.270 e. The van der Waals surface area contributed by atoms with Crippen molar-refractivity contribution in [1.82, 2.24) is 5.32 Å². The van der Waals surface area contributed by atoms with Gasteiger partial charge in [0.1, 0.15) is 5.71 Å². The number of nitrogens with one attached hydrogen (secondary N) is 2. The molecule has 0 atom stereocenters. The number of likely N-dealkylation sites (N-methyl/N-ethyl adjacent to an activating group) is 1. The number of carbonyl (C=O) groups excluding carboxylic acids is 1. The predicted octanol–water partition coefficient (Wildman–Crippen LogP) is 3.68. The van der Waals surface area contributed by atoms with Crippen molar-refractivity contribution in [3.8, 4) is 0 Å². The van der Waals surface area contributed by atoms with Crippen LogP contribution in [-0.2, 0) is 20.2 Å². The number of benzene rings is 2. The van der Waals surface area contributed by atoms with Gasteiger partial charge in [0.05, 0.1) is 17.6 Å². The van der Waals surface area contributed by atoms with Gasteiger partial charge in [-0.15, -0.1) is 0 Å². The van der Waals surface area contributed by atoms with E-state index in [0.717, 1.165) is 24.7 Å². The summed E-state index contributed by atoms with van der Waals surface area (Å²) < 4.78 is 26.1. The highest BCUT2D eigenvalue weighted by Gasteiger charge is 2.29. The van der Waals surface area contributed by atoms with Crippen LogP contribution in [-0.4, -0.2) is 33.3 Å². The van der Waals surface area contributed by atoms with Crippen LogP contribution < -0.4 is 15.8 Å². The quantitative estimate of drug-likeness (QED) is 0.468. The van der Waals surface area contributed by atoms with Crippen LogP contribution in [0.5, 0.6) is 0 Å². The molecule has 0 unspecified atom stereocenters. The van der Waals surface area contributed by atoms with Gasteiger partial charge in [-0.2, -0.15) is 0 Å². The van der Waals surface area contributed by atoms with Crippen LogP contribution in [0.2, 0.25) is 0 Å². The lowest BCUT2D eigenvalue weighted by Crippen LogP contribution is -2.29. The maximum absolute atomic E-state index is 12.7. The van der Waals surface area contributed by atoms with Crippen LogP contribution in [0.15, 0.2) is 41.4 Å². The number of carbonyl (C=O) groups is 1. The Balaban J connectivity index is 2.10. The van der Waals surface area contributed by atoms with Gasteiger partial charge < -0.3 is 11.1 Å². The maximum atomic E-state index is 12.7. The summed E-state index contributed by atoms with van der Waals surface area (Å²) >= 11 is 0. The fourth-order valence-electron chi connectivity index (χ4n) is 3.38. The van der Waals surface area contributed by atoms with Crippen LogP contribution in [0.3, 0.4) is 0 Å². The summed E-state index contributed by atoms with van der Waals surface area (Å²) in [4.78, 5) is 17.3. The monoisotopic (exact) mass is 442 g/mol. The number of hydrogen-bond donors (Lipinski definition) is 3. The summed E-state index contributed by atoms with van der Waals surface area (Å²) in [5, 5.41) is 2.63. The third-order valence-electron chi connectivity index (χ3n) is 5.21. The molecule has 166 valence electrons. The largest absolute Gasteiger partial charge is 0.398 e. The van der Waals surface area contributed by atoms with Crippen molar-refractivity contribution >= 4 is 38.7 Å². The Labute approximate surface area is 184 Å². The lowest BCUT2D eigenvalue weighted by Gasteiger charge is -2.19. The van der Waals surface area contributed by atoms with Crippen molar-refractivity contribution in [3.63, 3.8) is 0 Å². The molecule has 0 aliphatic heterocycles. The lowest BCUT2D eigenvalue weighted by atomic mass is 9.87. The number of sulfonamides is 1. The summed E-state index contributed by atoms with van der Waals surface area (Å²) in [6.07, 6.45) is 3.03. The Bertz CT molecular complexity index is 1130. The standard InChI is InChI=1S/C23H30N4O3S/c1-23(2,3)15-8-10-16(11-9-15)26-21(22(28)25-4)18-12-17(14-6-7-14)20(13-19(18)24)27-31(5,29)30/h8-14,27H,6-7,24H2,1-5H3,(H,25,28). The van der Waals surface area contributed by atoms with Crippen molar-refractivity contribution in [2.45, 2.75) is 44.9 Å². The number of hydrogen-bond acceptors (Lipinski definition) is 5. The van der Waals surface area contributed by atoms with E-state index in [1.807, 2.05) is 24.3 Å². The van der Waals surface area contributed by atoms with Crippen molar-refractivity contribution in [1.29, 1.82) is 0 Å². The van der Waals surface area contributed by atoms with Gasteiger partial charge in [-0.3, -0.25) is 9.52 Å². The smallest absolute Gasteiger partial charge is 0.270 e. The van der Waals surface area contributed by atoms with Gasteiger partial charge in [0.15, 0.2) is 0 Å². The number of amides is 1. The Morgan fingerprint density at radius 3 is 2.23 bits per heavy atom. The molecule has 0 spiro atoms. The second-order valence-electron chi connectivity index (χ2n) is 9.01. The summed E-state index contributed by atoms with van der Waals surface area (Å²) in [7, 11) is -1.92. The molecule has 2 aromatic rings. The highest BCUT2D eigenvalue weighted by molar-refractivity contribution is 7.92. The van der Waals surface area contributed by atoms with Crippen molar-refractivity contribution in [2.24, 2.45) is 4.99 Å². The molecule has 1 fully saturated rings. The Kier molecular flexibility index (Phi) is 6.14. The molecule has 1 aliphatic carbocycles. The molecule has 2 aromatic carbocycles. The fraction of sp³-hybridized carbons (Fsp3) is 0.391. The van der Waals surface area contributed by atoms with E-state index in [-0.39, 0.29) is 28.6 Å². The Morgan fingerprint density at radius 1 is 1.13 bits per heavy atom. The molecular formula is C23H30N4O3S. The molecule has 1 aliphatic rings. The number of nitrogens with zero attached hydrogens (tertiary/aromatic N) is 1. The normalized spacial score (nSPS) is 14.9. The molecule has 1 amide bonds. The predicted molar refractivity (Wildman–Crippen MR) is 127 cm³/mol. The first kappa shape index (κ1) is 22.8. The molecule has 7 nitrogen and oxygen atoms in total. The molecule has 0 radical (unpaired) electrons. The molecule has 0 bridgehead atoms. The van der Waals surface area contributed by atoms with E-state index in [4.69, 9.17) is 5.73 Å². The van der Waals surface area contributed by atoms with Gasteiger partial charge >= 0.3 is 0 Å². The topological polar surface area (TPSA) is 114 Å². The zero-order valence-corrected chi connectivity index (χ0v) is 19.4. The van der Waals surface area contributed by atoms with Gasteiger partial charge in [-0.05, 0) is 59.6 Å². The zero-order chi connectivity index (χ0) is 23.0. The third kappa shape index (κ3) is 5.64. The van der Waals surface area contributed by atoms with Crippen LogP contribution in [0.25, 0.3) is 0 Å². The number of nitrogen functional groups attached to an aromatic ring is 1. The number of rotatable bonds is 6. The Morgan fingerprint density at radius 2 is 1.74 bits per heavy atom. The van der Waals surface area contributed by atoms with E-state index < -0.39 is 10.0 Å². The fourth-order valence-corrected chi connectivity index (χ4v) is 3.95. The highest BCUT2D eigenvalue weighted by Crippen LogP contribution is 2.45. The summed E-state index contributed by atoms with van der Waals surface area (Å²) in [6.45, 7) is 6.40. The first-order chi connectivity index (χ1) is 14.4. The number of anilines is 2. The van der Waals surface area contributed by atoms with Crippen molar-refractivity contribution in [3.05, 3.63) is 53.1 Å². The van der Waals surface area contributed by atoms with E-state index in [0.29, 0.717) is 16.9 Å². The van der Waals surface area contributed by atoms with Crippen molar-refractivity contribution in [2.75, 3.05) is 23.8 Å². The second-order valence-corrected chi connectivity index (χ2v) is 10.8. The summed E-state index contributed by atoms with van der Waals surface area (Å²) in [5.41, 5.74) is 10.3. The first-order valence-electron chi connectivity index (χ1n) is 10.2. The van der Waals surface area contributed by atoms with E-state index >= 15 is 0 Å². The van der Waals surface area contributed by atoms with E-state index in [1.165, 1.54) is 12.6 Å². The van der Waals surface area contributed by atoms with Crippen LogP contribution >= 0.6 is 0 Å². The lowest BCUT2D eigenvalue weighted by molar-refractivity contribution is -0.114. The SMILES string of the molecule is CNC(=O)C(=Nc1ccc(C(C)(C)C)cc1)c1cc(C2CC2)c(NS(C)(=O)=O)cc1N. The van der Waals surface area contributed by atoms with Crippen LogP contribution in [0, 0.1) is 0 Å². The molecule has 31 heavy (non-hydrogen) atoms. The minimum absolute atomic E-state index is 0.0118. The summed E-state index contributed by atoms with van der Waals surface area (Å²) in [6, 6.07) is 11.1. The highest BCUT2D eigenvalue weighted by atomic mass is 32.2. The van der Waals surface area contributed by atoms with Gasteiger partial charge in [-0.25, -0.2) is 13.4 Å². The van der Waals surface area contributed by atoms with E-state index in [2.05, 4.69) is 35.8 Å². The van der Waals surface area contributed by atoms with Crippen LogP contribution in [0.1, 0.15) is 56.2 Å². The first-order valence-corrected chi connectivity index (χ1v) is 12.1. The Hall–Kier alpha value is -2.87. The summed E-state index contributed by atoms with van der Waals surface area (Å²) in [5.74, 6) is -0.127. The molecule has 4 N–H and O–H groups in total. The van der Waals surface area contributed by atoms with Gasteiger partial charge in [-0.1, -0.05) is 32.9 Å². The van der Waals surface area contributed by atoms with E-state index in [9.17, 15) is 13.2 Å². The minimum atomic E-state index is -3.46. The molecule has 1 saturated carbocycles. The second kappa shape index (κ2) is 8.34. The third-order valence-corrected chi connectivity index (χ3v) is 5.80. The number of aliphatic imine (C=N–C) groups is 1. The number of nitrogens with two attached hydrogens (primary N) is 1. The van der Waals surface area contributed by atoms with Crippen molar-refractivity contribution < 1.29 is 13.2 Å². The molecule has 0 saturated heterocycles. The molecule has 8 heteroatoms. The minimum Gasteiger partial charge on any atom is -0.398 e. The molecule has 3 rings (SSSR count). The molecule has 0 aromatic heterocycles. The average Bonchev–Trinajstić information content (AvgIpc) is 3.49. The molecular weight excluding hydrogens is 412 g/mol. The molecule has 0 heterocycles.